The third-order valence-electron chi connectivity index (χ3n) is 3.81. The molecule has 0 bridgehead atoms. The first-order chi connectivity index (χ1) is 8.00. The Bertz CT molecular complexity index is 298. The van der Waals surface area contributed by atoms with E-state index >= 15 is 0 Å². The Labute approximate surface area is 104 Å². The van der Waals surface area contributed by atoms with Gasteiger partial charge in [-0.25, -0.2) is 0 Å². The van der Waals surface area contributed by atoms with Gasteiger partial charge in [0.2, 0.25) is 11.8 Å². The van der Waals surface area contributed by atoms with Gasteiger partial charge in [0.25, 0.3) is 0 Å². The predicted molar refractivity (Wildman–Crippen MR) is 67.5 cm³/mol. The van der Waals surface area contributed by atoms with Crippen molar-refractivity contribution in [2.75, 3.05) is 6.54 Å². The number of nitrogens with zero attached hydrogens (tertiary/aromatic N) is 1. The fraction of sp³-hybridized carbons (Fsp3) is 0.846. The zero-order valence-corrected chi connectivity index (χ0v) is 11.4. The van der Waals surface area contributed by atoms with Gasteiger partial charge in [-0.1, -0.05) is 27.2 Å². The summed E-state index contributed by atoms with van der Waals surface area (Å²) in [4.78, 5) is 26.0. The molecule has 4 nitrogen and oxygen atoms in total. The SMILES string of the molecule is CCCC(C)N1CC(=O)NC(CC)(CC)C1=O. The molecule has 4 heteroatoms. The van der Waals surface area contributed by atoms with Crippen LogP contribution in [0, 0.1) is 0 Å². The Kier molecular flexibility index (Phi) is 4.54. The third kappa shape index (κ3) is 2.61. The molecule has 1 aliphatic rings. The molecule has 1 saturated heterocycles. The molecule has 0 aromatic rings. The van der Waals surface area contributed by atoms with Crippen molar-refractivity contribution in [3.8, 4) is 0 Å². The van der Waals surface area contributed by atoms with Gasteiger partial charge in [0.1, 0.15) is 5.54 Å². The quantitative estimate of drug-likeness (QED) is 0.795. The average molecular weight is 240 g/mol. The Morgan fingerprint density at radius 1 is 1.29 bits per heavy atom. The molecule has 1 rings (SSSR count). The van der Waals surface area contributed by atoms with Crippen LogP contribution in [0.4, 0.5) is 0 Å². The fourth-order valence-corrected chi connectivity index (χ4v) is 2.52. The van der Waals surface area contributed by atoms with Crippen molar-refractivity contribution in [3.05, 3.63) is 0 Å². The van der Waals surface area contributed by atoms with Gasteiger partial charge >= 0.3 is 0 Å². The van der Waals surface area contributed by atoms with Crippen LogP contribution in [0.25, 0.3) is 0 Å². The molecule has 0 spiro atoms. The highest BCUT2D eigenvalue weighted by molar-refractivity contribution is 5.98. The molecule has 17 heavy (non-hydrogen) atoms. The lowest BCUT2D eigenvalue weighted by Gasteiger charge is -2.43. The van der Waals surface area contributed by atoms with E-state index in [4.69, 9.17) is 0 Å². The van der Waals surface area contributed by atoms with Crippen molar-refractivity contribution in [1.29, 1.82) is 0 Å². The highest BCUT2D eigenvalue weighted by Gasteiger charge is 2.44. The molecule has 0 aromatic heterocycles. The number of hydrogen-bond acceptors (Lipinski definition) is 2. The van der Waals surface area contributed by atoms with E-state index in [0.717, 1.165) is 12.8 Å². The minimum absolute atomic E-state index is 0.0312. The molecule has 0 aliphatic carbocycles. The van der Waals surface area contributed by atoms with Gasteiger partial charge < -0.3 is 10.2 Å². The summed E-state index contributed by atoms with van der Waals surface area (Å²) in [5.74, 6) is 0.0549. The van der Waals surface area contributed by atoms with Crippen LogP contribution >= 0.6 is 0 Å². The van der Waals surface area contributed by atoms with Gasteiger partial charge in [-0.05, 0) is 26.2 Å². The molecular formula is C13H24N2O2. The standard InChI is InChI=1S/C13H24N2O2/c1-5-8-10(4)15-9-11(16)14-13(6-2,7-3)12(15)17/h10H,5-9H2,1-4H3,(H,14,16). The second kappa shape index (κ2) is 5.52. The van der Waals surface area contributed by atoms with Crippen molar-refractivity contribution in [3.63, 3.8) is 0 Å². The normalized spacial score (nSPS) is 21.3. The van der Waals surface area contributed by atoms with E-state index in [1.807, 2.05) is 20.8 Å². The van der Waals surface area contributed by atoms with E-state index in [-0.39, 0.29) is 24.4 Å². The van der Waals surface area contributed by atoms with Crippen LogP contribution in [0.1, 0.15) is 53.4 Å². The minimum Gasteiger partial charge on any atom is -0.340 e. The summed E-state index contributed by atoms with van der Waals surface area (Å²) in [5, 5.41) is 2.88. The van der Waals surface area contributed by atoms with Gasteiger partial charge in [0.05, 0.1) is 6.54 Å². The predicted octanol–water partition coefficient (Wildman–Crippen LogP) is 1.69. The van der Waals surface area contributed by atoms with Gasteiger partial charge in [0, 0.05) is 6.04 Å². The molecule has 1 fully saturated rings. The van der Waals surface area contributed by atoms with Crippen LogP contribution in [0.15, 0.2) is 0 Å². The summed E-state index contributed by atoms with van der Waals surface area (Å²) in [7, 11) is 0. The van der Waals surface area contributed by atoms with Gasteiger partial charge in [-0.15, -0.1) is 0 Å². The topological polar surface area (TPSA) is 49.4 Å². The van der Waals surface area contributed by atoms with Crippen molar-refractivity contribution < 1.29 is 9.59 Å². The number of piperazine rings is 1. The van der Waals surface area contributed by atoms with Crippen molar-refractivity contribution in [2.24, 2.45) is 0 Å². The molecule has 0 aromatic carbocycles. The second-order valence-corrected chi connectivity index (χ2v) is 4.91. The summed E-state index contributed by atoms with van der Waals surface area (Å²) in [5.41, 5.74) is -0.669. The lowest BCUT2D eigenvalue weighted by atomic mass is 9.88. The van der Waals surface area contributed by atoms with E-state index in [2.05, 4.69) is 12.2 Å². The van der Waals surface area contributed by atoms with Crippen molar-refractivity contribution in [2.45, 2.75) is 65.0 Å². The number of hydrogen-bond donors (Lipinski definition) is 1. The van der Waals surface area contributed by atoms with Crippen LogP contribution in [0.5, 0.6) is 0 Å². The fourth-order valence-electron chi connectivity index (χ4n) is 2.52. The van der Waals surface area contributed by atoms with E-state index in [1.54, 1.807) is 4.90 Å². The van der Waals surface area contributed by atoms with E-state index in [9.17, 15) is 9.59 Å². The zero-order valence-electron chi connectivity index (χ0n) is 11.4. The second-order valence-electron chi connectivity index (χ2n) is 4.91. The Morgan fingerprint density at radius 2 is 1.88 bits per heavy atom. The van der Waals surface area contributed by atoms with Crippen LogP contribution in [-0.2, 0) is 9.59 Å². The maximum Gasteiger partial charge on any atom is 0.249 e. The van der Waals surface area contributed by atoms with Crippen molar-refractivity contribution in [1.82, 2.24) is 10.2 Å². The number of nitrogens with one attached hydrogen (secondary N) is 1. The minimum atomic E-state index is -0.669. The van der Waals surface area contributed by atoms with Crippen LogP contribution in [0.3, 0.4) is 0 Å². The van der Waals surface area contributed by atoms with E-state index in [1.165, 1.54) is 0 Å². The highest BCUT2D eigenvalue weighted by atomic mass is 16.2. The first-order valence-electron chi connectivity index (χ1n) is 6.62. The van der Waals surface area contributed by atoms with Crippen LogP contribution < -0.4 is 5.32 Å². The largest absolute Gasteiger partial charge is 0.340 e. The number of carbonyl (C=O) groups excluding carboxylic acids is 2. The number of rotatable bonds is 5. The maximum absolute atomic E-state index is 12.5. The summed E-state index contributed by atoms with van der Waals surface area (Å²) in [6.07, 6.45) is 3.28. The monoisotopic (exact) mass is 240 g/mol. The highest BCUT2D eigenvalue weighted by Crippen LogP contribution is 2.24. The molecule has 1 aliphatic heterocycles. The Hall–Kier alpha value is -1.06. The molecule has 2 amide bonds. The van der Waals surface area contributed by atoms with E-state index in [0.29, 0.717) is 12.8 Å². The Balaban J connectivity index is 2.92. The molecular weight excluding hydrogens is 216 g/mol. The summed E-state index contributed by atoms with van der Waals surface area (Å²) in [6.45, 7) is 8.24. The molecule has 0 saturated carbocycles. The molecule has 98 valence electrons. The van der Waals surface area contributed by atoms with Gasteiger partial charge in [-0.2, -0.15) is 0 Å². The molecule has 1 N–H and O–H groups in total. The smallest absolute Gasteiger partial charge is 0.249 e. The summed E-state index contributed by atoms with van der Waals surface area (Å²) in [6, 6.07) is 0.149. The molecule has 1 heterocycles. The van der Waals surface area contributed by atoms with Crippen LogP contribution in [0.2, 0.25) is 0 Å². The first kappa shape index (κ1) is 14.0. The zero-order chi connectivity index (χ0) is 13.1. The molecule has 1 atom stereocenters. The average Bonchev–Trinajstić information content (AvgIpc) is 2.32. The van der Waals surface area contributed by atoms with Gasteiger partial charge in [0.15, 0.2) is 0 Å². The van der Waals surface area contributed by atoms with Gasteiger partial charge in [-0.3, -0.25) is 9.59 Å². The Morgan fingerprint density at radius 3 is 2.35 bits per heavy atom. The lowest BCUT2D eigenvalue weighted by Crippen LogP contribution is -2.67. The van der Waals surface area contributed by atoms with Crippen LogP contribution in [-0.4, -0.2) is 34.8 Å². The maximum atomic E-state index is 12.5. The lowest BCUT2D eigenvalue weighted by molar-refractivity contribution is -0.152. The molecule has 0 radical (unpaired) electrons. The third-order valence-corrected chi connectivity index (χ3v) is 3.81. The van der Waals surface area contributed by atoms with Crippen molar-refractivity contribution >= 4 is 11.8 Å². The summed E-state index contributed by atoms with van der Waals surface area (Å²) >= 11 is 0. The first-order valence-corrected chi connectivity index (χ1v) is 6.62. The number of carbonyl (C=O) groups is 2. The summed E-state index contributed by atoms with van der Waals surface area (Å²) < 4.78 is 0. The number of amides is 2. The molecule has 1 unspecified atom stereocenters. The van der Waals surface area contributed by atoms with E-state index < -0.39 is 5.54 Å².